The monoisotopic (exact) mass is 305 g/mol. The average molecular weight is 307 g/mol. The first-order valence-corrected chi connectivity index (χ1v) is 6.54. The summed E-state index contributed by atoms with van der Waals surface area (Å²) in [6, 6.07) is 6.04. The van der Waals surface area contributed by atoms with Crippen molar-refractivity contribution in [3.63, 3.8) is 0 Å². The van der Waals surface area contributed by atoms with Gasteiger partial charge >= 0.3 is 0 Å². The fourth-order valence-corrected chi connectivity index (χ4v) is 2.20. The summed E-state index contributed by atoms with van der Waals surface area (Å²) in [7, 11) is 1.71. The Labute approximate surface area is 110 Å². The molecule has 2 nitrogen and oxygen atoms in total. The minimum absolute atomic E-state index is 0.763. The first kappa shape index (κ1) is 14.0. The lowest BCUT2D eigenvalue weighted by Gasteiger charge is -2.06. The Balaban J connectivity index is 2.21. The lowest BCUT2D eigenvalue weighted by atomic mass is 10.1. The summed E-state index contributed by atoms with van der Waals surface area (Å²) in [5, 5.41) is 4.15. The molecule has 0 aliphatic heterocycles. The molecule has 0 aliphatic carbocycles. The Morgan fingerprint density at radius 1 is 1.38 bits per heavy atom. The van der Waals surface area contributed by atoms with Crippen LogP contribution in [0.2, 0.25) is 5.02 Å². The van der Waals surface area contributed by atoms with Crippen molar-refractivity contribution >= 4 is 27.5 Å². The zero-order valence-corrected chi connectivity index (χ0v) is 11.8. The molecule has 0 saturated carbocycles. The van der Waals surface area contributed by atoms with Crippen LogP contribution in [0.3, 0.4) is 0 Å². The molecule has 0 saturated heterocycles. The smallest absolute Gasteiger partial charge is 0.0587 e. The molecule has 1 N–H and O–H groups in total. The molecule has 0 heterocycles. The second-order valence-electron chi connectivity index (χ2n) is 3.58. The zero-order valence-electron chi connectivity index (χ0n) is 9.43. The van der Waals surface area contributed by atoms with E-state index < -0.39 is 0 Å². The molecule has 0 aromatic heterocycles. The lowest BCUT2D eigenvalue weighted by molar-refractivity contribution is 0.199. The number of nitrogens with one attached hydrogen (secondary N) is 1. The van der Waals surface area contributed by atoms with E-state index in [1.807, 2.05) is 12.1 Å². The maximum atomic E-state index is 6.12. The Morgan fingerprint density at radius 2 is 2.19 bits per heavy atom. The number of aryl methyl sites for hydroxylation is 1. The van der Waals surface area contributed by atoms with E-state index in [1.165, 1.54) is 5.56 Å². The first-order valence-electron chi connectivity index (χ1n) is 5.37. The molecule has 1 aromatic rings. The van der Waals surface area contributed by atoms with Crippen molar-refractivity contribution < 1.29 is 4.74 Å². The normalized spacial score (nSPS) is 10.7. The van der Waals surface area contributed by atoms with Crippen molar-refractivity contribution in [2.24, 2.45) is 0 Å². The minimum Gasteiger partial charge on any atom is -0.383 e. The van der Waals surface area contributed by atoms with Crippen LogP contribution in [-0.4, -0.2) is 26.8 Å². The van der Waals surface area contributed by atoms with Crippen LogP contribution < -0.4 is 5.32 Å². The molecule has 0 amide bonds. The molecular formula is C12H17BrClNO. The van der Waals surface area contributed by atoms with Crippen LogP contribution in [0, 0.1) is 0 Å². The number of hydrogen-bond donors (Lipinski definition) is 1. The van der Waals surface area contributed by atoms with Crippen molar-refractivity contribution in [1.82, 2.24) is 5.32 Å². The van der Waals surface area contributed by atoms with Gasteiger partial charge in [0.15, 0.2) is 0 Å². The average Bonchev–Trinajstić information content (AvgIpc) is 2.26. The molecule has 16 heavy (non-hydrogen) atoms. The van der Waals surface area contributed by atoms with Gasteiger partial charge in [0.05, 0.1) is 6.61 Å². The van der Waals surface area contributed by atoms with Crippen LogP contribution in [0.1, 0.15) is 12.0 Å². The van der Waals surface area contributed by atoms with Crippen LogP contribution in [0.15, 0.2) is 22.7 Å². The first-order chi connectivity index (χ1) is 7.74. The standard InChI is InChI=1S/C12H17BrClNO/c1-16-8-7-15-6-2-3-10-4-5-11(13)9-12(10)14/h4-5,9,15H,2-3,6-8H2,1H3. The van der Waals surface area contributed by atoms with E-state index in [0.29, 0.717) is 0 Å². The van der Waals surface area contributed by atoms with Gasteiger partial charge in [-0.15, -0.1) is 0 Å². The molecule has 0 atom stereocenters. The van der Waals surface area contributed by atoms with Gasteiger partial charge in [-0.3, -0.25) is 0 Å². The van der Waals surface area contributed by atoms with E-state index in [-0.39, 0.29) is 0 Å². The number of halogens is 2. The van der Waals surface area contributed by atoms with Gasteiger partial charge in [0.1, 0.15) is 0 Å². The Hall–Kier alpha value is -0.0900. The summed E-state index contributed by atoms with van der Waals surface area (Å²) in [6.07, 6.45) is 2.09. The fraction of sp³-hybridized carbons (Fsp3) is 0.500. The van der Waals surface area contributed by atoms with Crippen LogP contribution in [0.4, 0.5) is 0 Å². The van der Waals surface area contributed by atoms with Crippen molar-refractivity contribution in [3.05, 3.63) is 33.3 Å². The predicted octanol–water partition coefficient (Wildman–Crippen LogP) is 3.27. The summed E-state index contributed by atoms with van der Waals surface area (Å²) in [5.74, 6) is 0. The molecule has 90 valence electrons. The maximum absolute atomic E-state index is 6.12. The minimum atomic E-state index is 0.763. The van der Waals surface area contributed by atoms with Gasteiger partial charge < -0.3 is 10.1 Å². The third-order valence-corrected chi connectivity index (χ3v) is 3.14. The highest BCUT2D eigenvalue weighted by molar-refractivity contribution is 9.10. The third-order valence-electron chi connectivity index (χ3n) is 2.30. The largest absolute Gasteiger partial charge is 0.383 e. The number of rotatable bonds is 7. The van der Waals surface area contributed by atoms with Gasteiger partial charge in [-0.2, -0.15) is 0 Å². The zero-order chi connectivity index (χ0) is 11.8. The third kappa shape index (κ3) is 5.30. The number of hydrogen-bond acceptors (Lipinski definition) is 2. The van der Waals surface area contributed by atoms with Crippen LogP contribution >= 0.6 is 27.5 Å². The van der Waals surface area contributed by atoms with E-state index in [1.54, 1.807) is 7.11 Å². The summed E-state index contributed by atoms with van der Waals surface area (Å²) >= 11 is 9.52. The molecule has 0 fully saturated rings. The van der Waals surface area contributed by atoms with Gasteiger partial charge in [-0.05, 0) is 37.1 Å². The molecule has 0 radical (unpaired) electrons. The van der Waals surface area contributed by atoms with Gasteiger partial charge in [0.2, 0.25) is 0 Å². The van der Waals surface area contributed by atoms with Crippen LogP contribution in [-0.2, 0) is 11.2 Å². The topological polar surface area (TPSA) is 21.3 Å². The predicted molar refractivity (Wildman–Crippen MR) is 72.2 cm³/mol. The summed E-state index contributed by atoms with van der Waals surface area (Å²) in [5.41, 5.74) is 1.21. The van der Waals surface area contributed by atoms with Crippen LogP contribution in [0.25, 0.3) is 0 Å². The summed E-state index contributed by atoms with van der Waals surface area (Å²) < 4.78 is 5.98. The number of methoxy groups -OCH3 is 1. The van der Waals surface area contributed by atoms with Gasteiger partial charge in [0.25, 0.3) is 0 Å². The molecule has 0 spiro atoms. The van der Waals surface area contributed by atoms with Crippen LogP contribution in [0.5, 0.6) is 0 Å². The second kappa shape index (κ2) is 8.07. The molecular weight excluding hydrogens is 289 g/mol. The van der Waals surface area contributed by atoms with Gasteiger partial charge in [0, 0.05) is 23.1 Å². The van der Waals surface area contributed by atoms with Gasteiger partial charge in [-0.1, -0.05) is 33.6 Å². The molecule has 0 bridgehead atoms. The molecule has 0 aliphatic rings. The van der Waals surface area contributed by atoms with E-state index in [9.17, 15) is 0 Å². The SMILES string of the molecule is COCCNCCCc1ccc(Br)cc1Cl. The summed E-state index contributed by atoms with van der Waals surface area (Å²) in [4.78, 5) is 0. The molecule has 0 unspecified atom stereocenters. The molecule has 1 aromatic carbocycles. The fourth-order valence-electron chi connectivity index (χ4n) is 1.43. The lowest BCUT2D eigenvalue weighted by Crippen LogP contribution is -2.20. The van der Waals surface area contributed by atoms with E-state index >= 15 is 0 Å². The highest BCUT2D eigenvalue weighted by Gasteiger charge is 2.00. The highest BCUT2D eigenvalue weighted by Crippen LogP contribution is 2.22. The van der Waals surface area contributed by atoms with E-state index in [0.717, 1.165) is 42.0 Å². The Kier molecular flexibility index (Phi) is 7.05. The van der Waals surface area contributed by atoms with Crippen molar-refractivity contribution in [3.8, 4) is 0 Å². The van der Waals surface area contributed by atoms with Crippen molar-refractivity contribution in [2.75, 3.05) is 26.8 Å². The quantitative estimate of drug-likeness (QED) is 0.781. The Bertz CT molecular complexity index is 320. The highest BCUT2D eigenvalue weighted by atomic mass is 79.9. The number of benzene rings is 1. The molecule has 4 heteroatoms. The van der Waals surface area contributed by atoms with Crippen molar-refractivity contribution in [2.45, 2.75) is 12.8 Å². The second-order valence-corrected chi connectivity index (χ2v) is 4.90. The summed E-state index contributed by atoms with van der Waals surface area (Å²) in [6.45, 7) is 2.67. The maximum Gasteiger partial charge on any atom is 0.0587 e. The Morgan fingerprint density at radius 3 is 2.88 bits per heavy atom. The van der Waals surface area contributed by atoms with E-state index in [2.05, 4.69) is 27.3 Å². The van der Waals surface area contributed by atoms with Gasteiger partial charge in [-0.25, -0.2) is 0 Å². The van der Waals surface area contributed by atoms with Crippen molar-refractivity contribution in [1.29, 1.82) is 0 Å². The van der Waals surface area contributed by atoms with E-state index in [4.69, 9.17) is 16.3 Å². The number of ether oxygens (including phenoxy) is 1. The molecule has 1 rings (SSSR count).